The summed E-state index contributed by atoms with van der Waals surface area (Å²) in [6, 6.07) is 0.249. The van der Waals surface area contributed by atoms with Crippen molar-refractivity contribution in [1.29, 1.82) is 0 Å². The number of ether oxygens (including phenoxy) is 1. The summed E-state index contributed by atoms with van der Waals surface area (Å²) >= 11 is 0. The number of carbonyl (C=O) groups is 2. The van der Waals surface area contributed by atoms with Gasteiger partial charge < -0.3 is 20.3 Å². The van der Waals surface area contributed by atoms with Gasteiger partial charge in [-0.05, 0) is 13.5 Å². The van der Waals surface area contributed by atoms with E-state index in [9.17, 15) is 9.59 Å². The van der Waals surface area contributed by atoms with Crippen molar-refractivity contribution in [2.75, 3.05) is 59.0 Å². The smallest absolute Gasteiger partial charge is 0.225 e. The van der Waals surface area contributed by atoms with E-state index in [1.54, 1.807) is 0 Å². The molecule has 0 aromatic heterocycles. The summed E-state index contributed by atoms with van der Waals surface area (Å²) in [5.41, 5.74) is 0. The normalized spacial score (nSPS) is 24.0. The molecule has 2 aliphatic heterocycles. The van der Waals surface area contributed by atoms with E-state index < -0.39 is 0 Å². The lowest BCUT2D eigenvalue weighted by Crippen LogP contribution is -2.43. The van der Waals surface area contributed by atoms with Crippen LogP contribution in [-0.2, 0) is 14.3 Å². The van der Waals surface area contributed by atoms with Crippen LogP contribution in [0.2, 0.25) is 0 Å². The second-order valence-electron chi connectivity index (χ2n) is 6.40. The van der Waals surface area contributed by atoms with Crippen LogP contribution in [-0.4, -0.2) is 86.7 Å². The van der Waals surface area contributed by atoms with Gasteiger partial charge >= 0.3 is 0 Å². The molecular weight excluding hydrogens is 296 g/mol. The highest BCUT2D eigenvalue weighted by atomic mass is 16.5. The third kappa shape index (κ3) is 5.75. The third-order valence-electron chi connectivity index (χ3n) is 4.51. The van der Waals surface area contributed by atoms with Crippen molar-refractivity contribution in [2.24, 2.45) is 5.92 Å². The van der Waals surface area contributed by atoms with Gasteiger partial charge in [0.2, 0.25) is 11.8 Å². The maximum absolute atomic E-state index is 12.2. The maximum atomic E-state index is 12.2. The second kappa shape index (κ2) is 9.20. The standard InChI is InChI=1S/C16H30N4O3/c1-3-17-13(2)11-18-16(22)14-10-15(21)20(12-14)5-4-19-6-8-23-9-7-19/h13-14,17H,3-12H2,1-2H3,(H,18,22)/t13-,14?/m1/s1. The van der Waals surface area contributed by atoms with Crippen LogP contribution in [0.1, 0.15) is 20.3 Å². The summed E-state index contributed by atoms with van der Waals surface area (Å²) in [4.78, 5) is 28.4. The fourth-order valence-electron chi connectivity index (χ4n) is 3.07. The maximum Gasteiger partial charge on any atom is 0.225 e. The number of likely N-dealkylation sites (N-methyl/N-ethyl adjacent to an activating group) is 1. The molecule has 7 heteroatoms. The van der Waals surface area contributed by atoms with Gasteiger partial charge in [0.15, 0.2) is 0 Å². The Bertz CT molecular complexity index is 399. The van der Waals surface area contributed by atoms with Crippen molar-refractivity contribution in [2.45, 2.75) is 26.3 Å². The van der Waals surface area contributed by atoms with Gasteiger partial charge in [-0.15, -0.1) is 0 Å². The number of morpholine rings is 1. The van der Waals surface area contributed by atoms with Crippen LogP contribution in [0.3, 0.4) is 0 Å². The van der Waals surface area contributed by atoms with E-state index in [1.165, 1.54) is 0 Å². The van der Waals surface area contributed by atoms with Crippen LogP contribution >= 0.6 is 0 Å². The average Bonchev–Trinajstić information content (AvgIpc) is 2.93. The number of nitrogens with one attached hydrogen (secondary N) is 2. The largest absolute Gasteiger partial charge is 0.379 e. The molecule has 2 fully saturated rings. The predicted molar refractivity (Wildman–Crippen MR) is 88.1 cm³/mol. The zero-order valence-corrected chi connectivity index (χ0v) is 14.3. The number of amides is 2. The molecule has 2 amide bonds. The van der Waals surface area contributed by atoms with Crippen molar-refractivity contribution in [1.82, 2.24) is 20.4 Å². The Morgan fingerprint density at radius 1 is 1.35 bits per heavy atom. The van der Waals surface area contributed by atoms with Gasteiger partial charge in [0.1, 0.15) is 0 Å². The van der Waals surface area contributed by atoms with Crippen LogP contribution in [0.25, 0.3) is 0 Å². The van der Waals surface area contributed by atoms with Crippen molar-refractivity contribution in [3.63, 3.8) is 0 Å². The lowest BCUT2D eigenvalue weighted by atomic mass is 10.1. The first kappa shape index (κ1) is 18.2. The zero-order valence-electron chi connectivity index (χ0n) is 14.3. The summed E-state index contributed by atoms with van der Waals surface area (Å²) in [7, 11) is 0. The molecule has 2 aliphatic rings. The van der Waals surface area contributed by atoms with Gasteiger partial charge in [-0.3, -0.25) is 14.5 Å². The molecule has 0 aliphatic carbocycles. The molecule has 0 radical (unpaired) electrons. The van der Waals surface area contributed by atoms with E-state index in [0.29, 0.717) is 26.1 Å². The number of rotatable bonds is 8. The quantitative estimate of drug-likeness (QED) is 0.616. The van der Waals surface area contributed by atoms with E-state index >= 15 is 0 Å². The number of hydrogen-bond acceptors (Lipinski definition) is 5. The van der Waals surface area contributed by atoms with Crippen LogP contribution in [0.15, 0.2) is 0 Å². The van der Waals surface area contributed by atoms with Crippen LogP contribution < -0.4 is 10.6 Å². The van der Waals surface area contributed by atoms with E-state index in [-0.39, 0.29) is 23.8 Å². The van der Waals surface area contributed by atoms with E-state index in [0.717, 1.165) is 39.4 Å². The van der Waals surface area contributed by atoms with Gasteiger partial charge in [-0.1, -0.05) is 6.92 Å². The van der Waals surface area contributed by atoms with Crippen LogP contribution in [0.4, 0.5) is 0 Å². The van der Waals surface area contributed by atoms with Gasteiger partial charge in [-0.2, -0.15) is 0 Å². The van der Waals surface area contributed by atoms with E-state index in [4.69, 9.17) is 4.74 Å². The van der Waals surface area contributed by atoms with E-state index in [1.807, 2.05) is 18.7 Å². The molecule has 0 aromatic rings. The van der Waals surface area contributed by atoms with Gasteiger partial charge in [0.25, 0.3) is 0 Å². The summed E-state index contributed by atoms with van der Waals surface area (Å²) < 4.78 is 5.32. The molecule has 2 atom stereocenters. The fraction of sp³-hybridized carbons (Fsp3) is 0.875. The number of likely N-dealkylation sites (tertiary alicyclic amines) is 1. The van der Waals surface area contributed by atoms with Crippen molar-refractivity contribution in [3.05, 3.63) is 0 Å². The average molecular weight is 326 g/mol. The van der Waals surface area contributed by atoms with Crippen molar-refractivity contribution < 1.29 is 14.3 Å². The van der Waals surface area contributed by atoms with Crippen LogP contribution in [0.5, 0.6) is 0 Å². The molecule has 2 rings (SSSR count). The molecule has 1 unspecified atom stereocenters. The monoisotopic (exact) mass is 326 g/mol. The molecule has 2 N–H and O–H groups in total. The molecule has 0 bridgehead atoms. The molecule has 2 heterocycles. The minimum atomic E-state index is -0.207. The highest BCUT2D eigenvalue weighted by Crippen LogP contribution is 2.17. The SMILES string of the molecule is CCN[C@H](C)CNC(=O)C1CC(=O)N(CCN2CCOCC2)C1. The fourth-order valence-corrected chi connectivity index (χ4v) is 3.07. The molecule has 0 aromatic carbocycles. The first-order valence-corrected chi connectivity index (χ1v) is 8.69. The minimum absolute atomic E-state index is 0.00280. The Balaban J connectivity index is 1.69. The van der Waals surface area contributed by atoms with Crippen LogP contribution in [0, 0.1) is 5.92 Å². The Kier molecular flexibility index (Phi) is 7.26. The highest BCUT2D eigenvalue weighted by Gasteiger charge is 2.34. The summed E-state index contributed by atoms with van der Waals surface area (Å²) in [5.74, 6) is -0.115. The number of nitrogens with zero attached hydrogens (tertiary/aromatic N) is 2. The summed E-state index contributed by atoms with van der Waals surface area (Å²) in [6.45, 7) is 11.1. The summed E-state index contributed by atoms with van der Waals surface area (Å²) in [5, 5.41) is 6.21. The number of hydrogen-bond donors (Lipinski definition) is 2. The van der Waals surface area contributed by atoms with E-state index in [2.05, 4.69) is 15.5 Å². The lowest BCUT2D eigenvalue weighted by Gasteiger charge is -2.28. The third-order valence-corrected chi connectivity index (χ3v) is 4.51. The second-order valence-corrected chi connectivity index (χ2v) is 6.40. The Morgan fingerprint density at radius 2 is 2.09 bits per heavy atom. The number of carbonyl (C=O) groups excluding carboxylic acids is 2. The molecule has 7 nitrogen and oxygen atoms in total. The Labute approximate surface area is 138 Å². The lowest BCUT2D eigenvalue weighted by molar-refractivity contribution is -0.129. The molecule has 23 heavy (non-hydrogen) atoms. The first-order chi connectivity index (χ1) is 11.1. The minimum Gasteiger partial charge on any atom is -0.379 e. The molecule has 2 saturated heterocycles. The first-order valence-electron chi connectivity index (χ1n) is 8.69. The molecule has 0 spiro atoms. The van der Waals surface area contributed by atoms with Gasteiger partial charge in [0, 0.05) is 51.7 Å². The van der Waals surface area contributed by atoms with Gasteiger partial charge in [-0.25, -0.2) is 0 Å². The molecule has 132 valence electrons. The zero-order chi connectivity index (χ0) is 16.7. The topological polar surface area (TPSA) is 73.9 Å². The van der Waals surface area contributed by atoms with Crippen molar-refractivity contribution >= 4 is 11.8 Å². The van der Waals surface area contributed by atoms with Crippen molar-refractivity contribution in [3.8, 4) is 0 Å². The van der Waals surface area contributed by atoms with Gasteiger partial charge in [0.05, 0.1) is 19.1 Å². The predicted octanol–water partition coefficient (Wildman–Crippen LogP) is -0.719. The Hall–Kier alpha value is -1.18. The molecular formula is C16H30N4O3. The Morgan fingerprint density at radius 3 is 2.78 bits per heavy atom. The highest BCUT2D eigenvalue weighted by molar-refractivity contribution is 5.89. The molecule has 0 saturated carbocycles. The summed E-state index contributed by atoms with van der Waals surface area (Å²) in [6.07, 6.45) is 0.338.